The van der Waals surface area contributed by atoms with Crippen LogP contribution in [0.3, 0.4) is 0 Å². The van der Waals surface area contributed by atoms with Gasteiger partial charge < -0.3 is 11.1 Å². The molecular formula is C13H21N3O4S. The van der Waals surface area contributed by atoms with Gasteiger partial charge in [-0.15, -0.1) is 0 Å². The molecule has 0 saturated carbocycles. The van der Waals surface area contributed by atoms with E-state index in [4.69, 9.17) is 5.73 Å². The SMILES string of the molecule is CC1(S(=O)(=O)N2CCNC[C@H]2CC(N)=O)C=CCC(=O)C1. The molecule has 0 bridgehead atoms. The van der Waals surface area contributed by atoms with Crippen molar-refractivity contribution < 1.29 is 18.0 Å². The number of ketones is 1. The number of piperazine rings is 1. The van der Waals surface area contributed by atoms with E-state index in [-0.39, 0.29) is 31.6 Å². The van der Waals surface area contributed by atoms with Gasteiger partial charge in [0.2, 0.25) is 15.9 Å². The quantitative estimate of drug-likeness (QED) is 0.656. The van der Waals surface area contributed by atoms with E-state index in [1.807, 2.05) is 0 Å². The average molecular weight is 315 g/mol. The molecule has 3 N–H and O–H groups in total. The van der Waals surface area contributed by atoms with Gasteiger partial charge in [-0.05, 0) is 6.92 Å². The molecule has 1 heterocycles. The predicted molar refractivity (Wildman–Crippen MR) is 77.9 cm³/mol. The number of Topliss-reactive ketones (excluding diaryl/α,β-unsaturated/α-hetero) is 1. The number of rotatable bonds is 4. The first kappa shape index (κ1) is 16.1. The van der Waals surface area contributed by atoms with E-state index >= 15 is 0 Å². The van der Waals surface area contributed by atoms with E-state index in [9.17, 15) is 18.0 Å². The van der Waals surface area contributed by atoms with E-state index in [0.717, 1.165) is 0 Å². The predicted octanol–water partition coefficient (Wildman–Crippen LogP) is -0.857. The van der Waals surface area contributed by atoms with Gasteiger partial charge in [-0.1, -0.05) is 12.2 Å². The maximum absolute atomic E-state index is 12.9. The fourth-order valence-corrected chi connectivity index (χ4v) is 4.89. The topological polar surface area (TPSA) is 110 Å². The third kappa shape index (κ3) is 3.17. The van der Waals surface area contributed by atoms with Crippen LogP contribution in [-0.2, 0) is 19.6 Å². The molecule has 0 spiro atoms. The van der Waals surface area contributed by atoms with Gasteiger partial charge in [0.25, 0.3) is 0 Å². The van der Waals surface area contributed by atoms with Crippen LogP contribution >= 0.6 is 0 Å². The van der Waals surface area contributed by atoms with Gasteiger partial charge in [0.1, 0.15) is 10.5 Å². The monoisotopic (exact) mass is 315 g/mol. The number of hydrogen-bond donors (Lipinski definition) is 2. The summed E-state index contributed by atoms with van der Waals surface area (Å²) in [5.41, 5.74) is 5.21. The first-order chi connectivity index (χ1) is 9.76. The lowest BCUT2D eigenvalue weighted by molar-refractivity contribution is -0.120. The molecular weight excluding hydrogens is 294 g/mol. The second-order valence-electron chi connectivity index (χ2n) is 5.78. The molecule has 0 radical (unpaired) electrons. The maximum Gasteiger partial charge on any atom is 0.223 e. The minimum atomic E-state index is -3.73. The van der Waals surface area contributed by atoms with Crippen molar-refractivity contribution in [2.75, 3.05) is 19.6 Å². The normalized spacial score (nSPS) is 31.3. The zero-order valence-corrected chi connectivity index (χ0v) is 12.9. The van der Waals surface area contributed by atoms with Crippen LogP contribution in [0.4, 0.5) is 0 Å². The van der Waals surface area contributed by atoms with Crippen molar-refractivity contribution in [1.29, 1.82) is 0 Å². The minimum Gasteiger partial charge on any atom is -0.370 e. The highest BCUT2D eigenvalue weighted by Gasteiger charge is 2.46. The van der Waals surface area contributed by atoms with Crippen LogP contribution in [0.1, 0.15) is 26.2 Å². The Balaban J connectivity index is 2.32. The largest absolute Gasteiger partial charge is 0.370 e. The number of carbonyl (C=O) groups is 2. The molecule has 21 heavy (non-hydrogen) atoms. The fourth-order valence-electron chi connectivity index (χ4n) is 2.87. The molecule has 118 valence electrons. The summed E-state index contributed by atoms with van der Waals surface area (Å²) in [6.45, 7) is 2.73. The van der Waals surface area contributed by atoms with Crippen molar-refractivity contribution in [2.45, 2.75) is 37.0 Å². The van der Waals surface area contributed by atoms with Gasteiger partial charge in [0, 0.05) is 44.9 Å². The van der Waals surface area contributed by atoms with Crippen LogP contribution < -0.4 is 11.1 Å². The van der Waals surface area contributed by atoms with Crippen LogP contribution in [0.25, 0.3) is 0 Å². The fraction of sp³-hybridized carbons (Fsp3) is 0.692. The average Bonchev–Trinajstić information content (AvgIpc) is 2.38. The third-order valence-electron chi connectivity index (χ3n) is 4.00. The Labute approximate surface area is 124 Å². The molecule has 1 aliphatic heterocycles. The number of primary amides is 1. The van der Waals surface area contributed by atoms with E-state index in [2.05, 4.69) is 5.32 Å². The first-order valence-corrected chi connectivity index (χ1v) is 8.40. The number of sulfonamides is 1. The van der Waals surface area contributed by atoms with Gasteiger partial charge >= 0.3 is 0 Å². The summed E-state index contributed by atoms with van der Waals surface area (Å²) >= 11 is 0. The molecule has 0 aromatic heterocycles. The summed E-state index contributed by atoms with van der Waals surface area (Å²) in [6.07, 6.45) is 3.41. The maximum atomic E-state index is 12.9. The lowest BCUT2D eigenvalue weighted by atomic mass is 9.96. The van der Waals surface area contributed by atoms with Crippen molar-refractivity contribution in [3.63, 3.8) is 0 Å². The summed E-state index contributed by atoms with van der Waals surface area (Å²) in [7, 11) is -3.73. The lowest BCUT2D eigenvalue weighted by Gasteiger charge is -2.40. The number of nitrogens with two attached hydrogens (primary N) is 1. The number of hydrogen-bond acceptors (Lipinski definition) is 5. The van der Waals surface area contributed by atoms with E-state index in [1.165, 1.54) is 4.31 Å². The molecule has 8 heteroatoms. The van der Waals surface area contributed by atoms with Crippen LogP contribution in [0.2, 0.25) is 0 Å². The number of nitrogens with one attached hydrogen (secondary N) is 1. The third-order valence-corrected chi connectivity index (χ3v) is 6.55. The van der Waals surface area contributed by atoms with Crippen molar-refractivity contribution in [3.05, 3.63) is 12.2 Å². The first-order valence-electron chi connectivity index (χ1n) is 6.96. The molecule has 2 aliphatic rings. The smallest absolute Gasteiger partial charge is 0.223 e. The zero-order chi connectivity index (χ0) is 15.7. The summed E-state index contributed by atoms with van der Waals surface area (Å²) in [5, 5.41) is 3.07. The highest BCUT2D eigenvalue weighted by Crippen LogP contribution is 2.32. The highest BCUT2D eigenvalue weighted by molar-refractivity contribution is 7.90. The summed E-state index contributed by atoms with van der Waals surface area (Å²) < 4.78 is 26.0. The Kier molecular flexibility index (Phi) is 4.50. The van der Waals surface area contributed by atoms with Gasteiger partial charge in [-0.25, -0.2) is 8.42 Å². The minimum absolute atomic E-state index is 0.0278. The Morgan fingerprint density at radius 3 is 2.90 bits per heavy atom. The molecule has 2 rings (SSSR count). The van der Waals surface area contributed by atoms with Crippen molar-refractivity contribution in [1.82, 2.24) is 9.62 Å². The Morgan fingerprint density at radius 2 is 2.29 bits per heavy atom. The summed E-state index contributed by atoms with van der Waals surface area (Å²) in [5.74, 6) is -0.630. The Bertz CT molecular complexity index is 572. The van der Waals surface area contributed by atoms with Crippen molar-refractivity contribution in [2.24, 2.45) is 5.73 Å². The molecule has 1 fully saturated rings. The molecule has 1 aliphatic carbocycles. The number of carbonyl (C=O) groups excluding carboxylic acids is 2. The van der Waals surface area contributed by atoms with Gasteiger partial charge in [0.05, 0.1) is 0 Å². The highest BCUT2D eigenvalue weighted by atomic mass is 32.2. The second kappa shape index (κ2) is 5.86. The number of allylic oxidation sites excluding steroid dienone is 1. The summed E-state index contributed by atoms with van der Waals surface area (Å²) in [4.78, 5) is 22.8. The van der Waals surface area contributed by atoms with Crippen LogP contribution in [-0.4, -0.2) is 54.8 Å². The van der Waals surface area contributed by atoms with Gasteiger partial charge in [-0.3, -0.25) is 9.59 Å². The summed E-state index contributed by atoms with van der Waals surface area (Å²) in [6, 6.07) is -0.497. The molecule has 1 saturated heterocycles. The van der Waals surface area contributed by atoms with E-state index in [1.54, 1.807) is 19.1 Å². The lowest BCUT2D eigenvalue weighted by Crippen LogP contribution is -2.59. The number of nitrogens with zero attached hydrogens (tertiary/aromatic N) is 1. The van der Waals surface area contributed by atoms with Crippen molar-refractivity contribution in [3.8, 4) is 0 Å². The standard InChI is InChI=1S/C13H21N3O4S/c1-13(4-2-3-11(17)8-13)21(19,20)16-6-5-15-9-10(16)7-12(14)18/h2,4,10,15H,3,5-9H2,1H3,(H2,14,18)/t10-,13?/m1/s1. The molecule has 1 amide bonds. The zero-order valence-electron chi connectivity index (χ0n) is 12.0. The molecule has 1 unspecified atom stereocenters. The van der Waals surface area contributed by atoms with E-state index in [0.29, 0.717) is 13.1 Å². The van der Waals surface area contributed by atoms with E-state index < -0.39 is 26.7 Å². The van der Waals surface area contributed by atoms with Gasteiger partial charge in [0.15, 0.2) is 0 Å². The van der Waals surface area contributed by atoms with Crippen LogP contribution in [0.5, 0.6) is 0 Å². The molecule has 2 atom stereocenters. The van der Waals surface area contributed by atoms with Gasteiger partial charge in [-0.2, -0.15) is 4.31 Å². The molecule has 7 nitrogen and oxygen atoms in total. The van der Waals surface area contributed by atoms with Crippen LogP contribution in [0, 0.1) is 0 Å². The second-order valence-corrected chi connectivity index (χ2v) is 8.13. The molecule has 0 aromatic rings. The van der Waals surface area contributed by atoms with Crippen LogP contribution in [0.15, 0.2) is 12.2 Å². The molecule has 0 aromatic carbocycles. The number of amides is 1. The van der Waals surface area contributed by atoms with Crippen molar-refractivity contribution >= 4 is 21.7 Å². The Morgan fingerprint density at radius 1 is 1.57 bits per heavy atom. The Hall–Kier alpha value is -1.25.